The molecule has 0 amide bonds. The Bertz CT molecular complexity index is 343. The van der Waals surface area contributed by atoms with Crippen molar-refractivity contribution in [3.63, 3.8) is 0 Å². The summed E-state index contributed by atoms with van der Waals surface area (Å²) in [6, 6.07) is -0.223. The van der Waals surface area contributed by atoms with Crippen molar-refractivity contribution in [3.8, 4) is 0 Å². The van der Waals surface area contributed by atoms with E-state index in [2.05, 4.69) is 10.1 Å². The van der Waals surface area contributed by atoms with E-state index in [-0.39, 0.29) is 11.6 Å². The van der Waals surface area contributed by atoms with Gasteiger partial charge >= 0.3 is 0 Å². The number of methoxy groups -OCH3 is 1. The van der Waals surface area contributed by atoms with Crippen LogP contribution in [0.4, 0.5) is 0 Å². The van der Waals surface area contributed by atoms with E-state index in [0.29, 0.717) is 11.7 Å². The molecular weight excluding hydrogens is 206 g/mol. The molecule has 1 saturated carbocycles. The first-order chi connectivity index (χ1) is 7.68. The maximum absolute atomic E-state index is 5.70. The van der Waals surface area contributed by atoms with Crippen LogP contribution < -0.4 is 5.73 Å². The number of nitrogens with zero attached hydrogens (tertiary/aromatic N) is 2. The second kappa shape index (κ2) is 4.51. The molecule has 1 atom stereocenters. The summed E-state index contributed by atoms with van der Waals surface area (Å²) in [5, 5.41) is 4.01. The summed E-state index contributed by atoms with van der Waals surface area (Å²) in [5.74, 6) is 1.14. The molecule has 1 unspecified atom stereocenters. The molecule has 16 heavy (non-hydrogen) atoms. The Balaban J connectivity index is 2.25. The third-order valence-electron chi connectivity index (χ3n) is 3.29. The highest BCUT2D eigenvalue weighted by Crippen LogP contribution is 2.38. The molecule has 1 heterocycles. The van der Waals surface area contributed by atoms with E-state index in [1.54, 1.807) is 7.11 Å². The summed E-state index contributed by atoms with van der Waals surface area (Å²) in [6.07, 6.45) is 5.47. The molecule has 2 rings (SSSR count). The minimum atomic E-state index is -0.352. The fourth-order valence-electron chi connectivity index (χ4n) is 2.25. The molecule has 0 aliphatic heterocycles. The summed E-state index contributed by atoms with van der Waals surface area (Å²) < 4.78 is 10.8. The Labute approximate surface area is 95.3 Å². The zero-order valence-electron chi connectivity index (χ0n) is 9.90. The zero-order valence-corrected chi connectivity index (χ0v) is 9.90. The molecule has 0 spiro atoms. The fourth-order valence-corrected chi connectivity index (χ4v) is 2.25. The van der Waals surface area contributed by atoms with E-state index in [0.717, 1.165) is 25.7 Å². The van der Waals surface area contributed by atoms with Crippen LogP contribution in [0.15, 0.2) is 4.52 Å². The largest absolute Gasteiger partial charge is 0.370 e. The van der Waals surface area contributed by atoms with Gasteiger partial charge in [0.05, 0.1) is 6.04 Å². The van der Waals surface area contributed by atoms with Crippen molar-refractivity contribution < 1.29 is 9.26 Å². The predicted octanol–water partition coefficient (Wildman–Crippen LogP) is 1.90. The fraction of sp³-hybridized carbons (Fsp3) is 0.818. The molecule has 1 aromatic rings. The molecule has 90 valence electrons. The highest BCUT2D eigenvalue weighted by atomic mass is 16.5. The number of hydrogen-bond acceptors (Lipinski definition) is 5. The zero-order chi connectivity index (χ0) is 11.6. The number of hydrogen-bond donors (Lipinski definition) is 1. The summed E-state index contributed by atoms with van der Waals surface area (Å²) in [7, 11) is 1.72. The first-order valence-electron chi connectivity index (χ1n) is 5.83. The van der Waals surface area contributed by atoms with Crippen LogP contribution in [-0.2, 0) is 10.3 Å². The number of rotatable bonds is 3. The van der Waals surface area contributed by atoms with E-state index < -0.39 is 0 Å². The molecule has 1 aromatic heterocycles. The Morgan fingerprint density at radius 1 is 1.38 bits per heavy atom. The van der Waals surface area contributed by atoms with Gasteiger partial charge in [0.25, 0.3) is 0 Å². The Kier molecular flexibility index (Phi) is 3.25. The van der Waals surface area contributed by atoms with Crippen LogP contribution in [0, 0.1) is 0 Å². The van der Waals surface area contributed by atoms with Gasteiger partial charge in [-0.05, 0) is 19.8 Å². The van der Waals surface area contributed by atoms with Crippen molar-refractivity contribution in [1.82, 2.24) is 10.1 Å². The van der Waals surface area contributed by atoms with Gasteiger partial charge in [0, 0.05) is 7.11 Å². The first-order valence-corrected chi connectivity index (χ1v) is 5.83. The van der Waals surface area contributed by atoms with Gasteiger partial charge in [0.1, 0.15) is 5.60 Å². The Morgan fingerprint density at radius 2 is 2.06 bits per heavy atom. The summed E-state index contributed by atoms with van der Waals surface area (Å²) in [6.45, 7) is 1.83. The molecule has 0 saturated heterocycles. The van der Waals surface area contributed by atoms with Gasteiger partial charge in [-0.2, -0.15) is 4.98 Å². The maximum Gasteiger partial charge on any atom is 0.243 e. The molecule has 0 bridgehead atoms. The lowest BCUT2D eigenvalue weighted by molar-refractivity contribution is -0.0527. The van der Waals surface area contributed by atoms with Crippen LogP contribution in [0.25, 0.3) is 0 Å². The second-order valence-electron chi connectivity index (χ2n) is 4.50. The molecule has 5 nitrogen and oxygen atoms in total. The second-order valence-corrected chi connectivity index (χ2v) is 4.50. The van der Waals surface area contributed by atoms with Crippen LogP contribution in [-0.4, -0.2) is 17.3 Å². The molecule has 0 aromatic carbocycles. The summed E-state index contributed by atoms with van der Waals surface area (Å²) in [5.41, 5.74) is 5.35. The summed E-state index contributed by atoms with van der Waals surface area (Å²) in [4.78, 5) is 4.35. The van der Waals surface area contributed by atoms with E-state index >= 15 is 0 Å². The van der Waals surface area contributed by atoms with Gasteiger partial charge in [-0.25, -0.2) is 0 Å². The van der Waals surface area contributed by atoms with Crippen molar-refractivity contribution in [2.75, 3.05) is 7.11 Å². The highest BCUT2D eigenvalue weighted by Gasteiger charge is 2.38. The van der Waals surface area contributed by atoms with Gasteiger partial charge in [0.2, 0.25) is 11.7 Å². The molecule has 2 N–H and O–H groups in total. The summed E-state index contributed by atoms with van der Waals surface area (Å²) >= 11 is 0. The van der Waals surface area contributed by atoms with Gasteiger partial charge in [0.15, 0.2) is 0 Å². The van der Waals surface area contributed by atoms with Crippen LogP contribution >= 0.6 is 0 Å². The van der Waals surface area contributed by atoms with E-state index in [1.165, 1.54) is 6.42 Å². The highest BCUT2D eigenvalue weighted by molar-refractivity contribution is 5.04. The molecule has 1 aliphatic rings. The van der Waals surface area contributed by atoms with Crippen molar-refractivity contribution in [3.05, 3.63) is 11.7 Å². The average Bonchev–Trinajstić information content (AvgIpc) is 2.80. The van der Waals surface area contributed by atoms with Gasteiger partial charge < -0.3 is 15.0 Å². The Hall–Kier alpha value is -0.940. The van der Waals surface area contributed by atoms with Crippen molar-refractivity contribution in [2.24, 2.45) is 5.73 Å². The maximum atomic E-state index is 5.70. The first kappa shape index (κ1) is 11.5. The average molecular weight is 225 g/mol. The minimum absolute atomic E-state index is 0.223. The lowest BCUT2D eigenvalue weighted by Crippen LogP contribution is -2.32. The van der Waals surface area contributed by atoms with Crippen LogP contribution in [0.3, 0.4) is 0 Å². The molecular formula is C11H19N3O2. The van der Waals surface area contributed by atoms with E-state index in [1.807, 2.05) is 6.92 Å². The van der Waals surface area contributed by atoms with Crippen molar-refractivity contribution in [1.29, 1.82) is 0 Å². The van der Waals surface area contributed by atoms with Gasteiger partial charge in [-0.3, -0.25) is 0 Å². The van der Waals surface area contributed by atoms with Gasteiger partial charge in [-0.15, -0.1) is 0 Å². The predicted molar refractivity (Wildman–Crippen MR) is 58.7 cm³/mol. The SMILES string of the molecule is COC1(c2noc(C(C)N)n2)CCCCC1. The third kappa shape index (κ3) is 1.97. The minimum Gasteiger partial charge on any atom is -0.370 e. The standard InChI is InChI=1S/C11H19N3O2/c1-8(12)9-13-10(14-16-9)11(15-2)6-4-3-5-7-11/h8H,3-7,12H2,1-2H3. The Morgan fingerprint density at radius 3 is 2.56 bits per heavy atom. The quantitative estimate of drug-likeness (QED) is 0.850. The molecule has 5 heteroatoms. The smallest absolute Gasteiger partial charge is 0.243 e. The van der Waals surface area contributed by atoms with E-state index in [4.69, 9.17) is 15.0 Å². The molecule has 1 fully saturated rings. The lowest BCUT2D eigenvalue weighted by atomic mass is 9.84. The van der Waals surface area contributed by atoms with Crippen LogP contribution in [0.2, 0.25) is 0 Å². The number of nitrogens with two attached hydrogens (primary N) is 1. The van der Waals surface area contributed by atoms with Crippen LogP contribution in [0.1, 0.15) is 56.8 Å². The van der Waals surface area contributed by atoms with Crippen molar-refractivity contribution >= 4 is 0 Å². The number of aromatic nitrogens is 2. The van der Waals surface area contributed by atoms with Crippen LogP contribution in [0.5, 0.6) is 0 Å². The third-order valence-corrected chi connectivity index (χ3v) is 3.29. The van der Waals surface area contributed by atoms with Crippen molar-refractivity contribution in [2.45, 2.75) is 50.7 Å². The normalized spacial score (nSPS) is 21.9. The van der Waals surface area contributed by atoms with E-state index in [9.17, 15) is 0 Å². The van der Waals surface area contributed by atoms with Gasteiger partial charge in [-0.1, -0.05) is 24.4 Å². The monoisotopic (exact) mass is 225 g/mol. The lowest BCUT2D eigenvalue weighted by Gasteiger charge is -2.32. The molecule has 1 aliphatic carbocycles. The number of ether oxygens (including phenoxy) is 1. The molecule has 0 radical (unpaired) electrons. The topological polar surface area (TPSA) is 74.2 Å².